The molecule has 0 bridgehead atoms. The Labute approximate surface area is 130 Å². The largest absolute Gasteiger partial charge is 0.382 e. The van der Waals surface area contributed by atoms with Gasteiger partial charge in [-0.3, -0.25) is 9.59 Å². The van der Waals surface area contributed by atoms with Gasteiger partial charge in [-0.2, -0.15) is 0 Å². The number of ether oxygens (including phenoxy) is 1. The Morgan fingerprint density at radius 2 is 2.32 bits per heavy atom. The standard InChI is InChI=1S/C15H23N3O4/c1-2-21-9-4-8-18(15(20)12-5-3-6-12)11-14(19)16-13-7-10-22-17-13/h7,10,12H,2-6,8-9,11H2,1H3,(H,16,17,19). The van der Waals surface area contributed by atoms with Crippen molar-refractivity contribution >= 4 is 17.6 Å². The molecule has 1 fully saturated rings. The van der Waals surface area contributed by atoms with E-state index in [9.17, 15) is 9.59 Å². The van der Waals surface area contributed by atoms with Crippen LogP contribution in [0.2, 0.25) is 0 Å². The van der Waals surface area contributed by atoms with Crippen molar-refractivity contribution < 1.29 is 18.8 Å². The molecule has 7 nitrogen and oxygen atoms in total. The van der Waals surface area contributed by atoms with E-state index in [1.165, 1.54) is 6.26 Å². The first-order valence-electron chi connectivity index (χ1n) is 7.77. The minimum absolute atomic E-state index is 0.0360. The number of hydrogen-bond donors (Lipinski definition) is 1. The summed E-state index contributed by atoms with van der Waals surface area (Å²) in [7, 11) is 0. The van der Waals surface area contributed by atoms with Crippen LogP contribution in [-0.4, -0.2) is 48.2 Å². The number of carbonyl (C=O) groups excluding carboxylic acids is 2. The van der Waals surface area contributed by atoms with Crippen molar-refractivity contribution in [3.8, 4) is 0 Å². The molecule has 0 atom stereocenters. The van der Waals surface area contributed by atoms with Crippen molar-refractivity contribution in [3.63, 3.8) is 0 Å². The van der Waals surface area contributed by atoms with E-state index in [1.807, 2.05) is 6.92 Å². The Balaban J connectivity index is 1.84. The van der Waals surface area contributed by atoms with Crippen molar-refractivity contribution in [1.82, 2.24) is 10.1 Å². The van der Waals surface area contributed by atoms with Crippen molar-refractivity contribution in [2.45, 2.75) is 32.6 Å². The average molecular weight is 309 g/mol. The summed E-state index contributed by atoms with van der Waals surface area (Å²) in [6, 6.07) is 1.56. The van der Waals surface area contributed by atoms with Gasteiger partial charge in [0.1, 0.15) is 6.26 Å². The van der Waals surface area contributed by atoms with E-state index in [-0.39, 0.29) is 24.3 Å². The average Bonchev–Trinajstić information content (AvgIpc) is 2.93. The lowest BCUT2D eigenvalue weighted by atomic mass is 9.84. The summed E-state index contributed by atoms with van der Waals surface area (Å²) in [5, 5.41) is 6.24. The zero-order valence-corrected chi connectivity index (χ0v) is 12.9. The van der Waals surface area contributed by atoms with Crippen LogP contribution >= 0.6 is 0 Å². The van der Waals surface area contributed by atoms with Crippen LogP contribution in [0.1, 0.15) is 32.6 Å². The second-order valence-corrected chi connectivity index (χ2v) is 5.37. The van der Waals surface area contributed by atoms with Gasteiger partial charge in [-0.15, -0.1) is 0 Å². The van der Waals surface area contributed by atoms with Gasteiger partial charge in [-0.25, -0.2) is 0 Å². The van der Waals surface area contributed by atoms with E-state index in [2.05, 4.69) is 15.0 Å². The van der Waals surface area contributed by atoms with E-state index in [1.54, 1.807) is 11.0 Å². The number of nitrogens with one attached hydrogen (secondary N) is 1. The fourth-order valence-corrected chi connectivity index (χ4v) is 2.32. The lowest BCUT2D eigenvalue weighted by Crippen LogP contribution is -2.43. The SMILES string of the molecule is CCOCCCN(CC(=O)Nc1ccon1)C(=O)C1CCC1. The van der Waals surface area contributed by atoms with Gasteiger partial charge in [0.2, 0.25) is 11.8 Å². The van der Waals surface area contributed by atoms with Gasteiger partial charge in [-0.05, 0) is 26.2 Å². The summed E-state index contributed by atoms with van der Waals surface area (Å²) in [6.07, 6.45) is 5.05. The highest BCUT2D eigenvalue weighted by atomic mass is 16.5. The molecular formula is C15H23N3O4. The second kappa shape index (κ2) is 8.53. The fourth-order valence-electron chi connectivity index (χ4n) is 2.32. The summed E-state index contributed by atoms with van der Waals surface area (Å²) in [6.45, 7) is 3.75. The van der Waals surface area contributed by atoms with Crippen LogP contribution in [0.5, 0.6) is 0 Å². The second-order valence-electron chi connectivity index (χ2n) is 5.37. The molecule has 1 heterocycles. The number of aromatic nitrogens is 1. The third-order valence-corrected chi connectivity index (χ3v) is 3.73. The van der Waals surface area contributed by atoms with Gasteiger partial charge in [0.05, 0.1) is 6.54 Å². The number of hydrogen-bond acceptors (Lipinski definition) is 5. The lowest BCUT2D eigenvalue weighted by Gasteiger charge is -2.31. The Bertz CT molecular complexity index is 471. The van der Waals surface area contributed by atoms with E-state index in [0.29, 0.717) is 25.6 Å². The van der Waals surface area contributed by atoms with E-state index in [4.69, 9.17) is 4.74 Å². The Morgan fingerprint density at radius 3 is 2.91 bits per heavy atom. The molecule has 2 amide bonds. The van der Waals surface area contributed by atoms with Crippen LogP contribution < -0.4 is 5.32 Å². The minimum atomic E-state index is -0.266. The molecule has 0 saturated heterocycles. The number of carbonyl (C=O) groups is 2. The van der Waals surface area contributed by atoms with Gasteiger partial charge in [0, 0.05) is 31.7 Å². The predicted molar refractivity (Wildman–Crippen MR) is 80.2 cm³/mol. The molecule has 22 heavy (non-hydrogen) atoms. The molecule has 1 aliphatic carbocycles. The minimum Gasteiger partial charge on any atom is -0.382 e. The Morgan fingerprint density at radius 1 is 1.50 bits per heavy atom. The number of rotatable bonds is 9. The maximum absolute atomic E-state index is 12.4. The number of anilines is 1. The molecule has 1 aromatic heterocycles. The highest BCUT2D eigenvalue weighted by molar-refractivity contribution is 5.94. The number of amides is 2. The molecule has 1 N–H and O–H groups in total. The zero-order chi connectivity index (χ0) is 15.8. The van der Waals surface area contributed by atoms with Gasteiger partial charge >= 0.3 is 0 Å². The van der Waals surface area contributed by atoms with Crippen molar-refractivity contribution in [1.29, 1.82) is 0 Å². The first-order chi connectivity index (χ1) is 10.7. The maximum atomic E-state index is 12.4. The molecule has 0 aromatic carbocycles. The van der Waals surface area contributed by atoms with Gasteiger partial charge in [0.25, 0.3) is 0 Å². The summed E-state index contributed by atoms with van der Waals surface area (Å²) in [5.74, 6) is 0.235. The quantitative estimate of drug-likeness (QED) is 0.701. The lowest BCUT2D eigenvalue weighted by molar-refractivity contribution is -0.140. The normalized spacial score (nSPS) is 14.4. The molecule has 0 aliphatic heterocycles. The topological polar surface area (TPSA) is 84.7 Å². The first-order valence-corrected chi connectivity index (χ1v) is 7.77. The number of nitrogens with zero attached hydrogens (tertiary/aromatic N) is 2. The molecular weight excluding hydrogens is 286 g/mol. The van der Waals surface area contributed by atoms with E-state index in [0.717, 1.165) is 25.7 Å². The fraction of sp³-hybridized carbons (Fsp3) is 0.667. The smallest absolute Gasteiger partial charge is 0.245 e. The summed E-state index contributed by atoms with van der Waals surface area (Å²) >= 11 is 0. The highest BCUT2D eigenvalue weighted by Crippen LogP contribution is 2.28. The van der Waals surface area contributed by atoms with Gasteiger partial charge in [0.15, 0.2) is 5.82 Å². The first kappa shape index (κ1) is 16.5. The summed E-state index contributed by atoms with van der Waals surface area (Å²) in [5.41, 5.74) is 0. The van der Waals surface area contributed by atoms with Crippen LogP contribution in [0.25, 0.3) is 0 Å². The summed E-state index contributed by atoms with van der Waals surface area (Å²) < 4.78 is 9.96. The zero-order valence-electron chi connectivity index (χ0n) is 12.9. The maximum Gasteiger partial charge on any atom is 0.245 e. The van der Waals surface area contributed by atoms with Crippen LogP contribution in [-0.2, 0) is 14.3 Å². The van der Waals surface area contributed by atoms with Crippen LogP contribution in [0.15, 0.2) is 16.9 Å². The Kier molecular flexibility index (Phi) is 6.39. The highest BCUT2D eigenvalue weighted by Gasteiger charge is 2.30. The molecule has 0 radical (unpaired) electrons. The van der Waals surface area contributed by atoms with Crippen molar-refractivity contribution in [3.05, 3.63) is 12.3 Å². The van der Waals surface area contributed by atoms with E-state index >= 15 is 0 Å². The van der Waals surface area contributed by atoms with Crippen molar-refractivity contribution in [2.24, 2.45) is 5.92 Å². The van der Waals surface area contributed by atoms with E-state index < -0.39 is 0 Å². The molecule has 0 spiro atoms. The molecule has 2 rings (SSSR count). The van der Waals surface area contributed by atoms with Gasteiger partial charge < -0.3 is 19.5 Å². The monoisotopic (exact) mass is 309 g/mol. The molecule has 122 valence electrons. The molecule has 1 aliphatic rings. The molecule has 0 unspecified atom stereocenters. The van der Waals surface area contributed by atoms with Crippen LogP contribution in [0, 0.1) is 5.92 Å². The predicted octanol–water partition coefficient (Wildman–Crippen LogP) is 1.67. The molecule has 1 saturated carbocycles. The van der Waals surface area contributed by atoms with Crippen molar-refractivity contribution in [2.75, 3.05) is 31.6 Å². The molecule has 7 heteroatoms. The summed E-state index contributed by atoms with van der Waals surface area (Å²) in [4.78, 5) is 26.0. The molecule has 1 aromatic rings. The third kappa shape index (κ3) is 4.84. The Hall–Kier alpha value is -1.89. The van der Waals surface area contributed by atoms with Gasteiger partial charge in [-0.1, -0.05) is 11.6 Å². The van der Waals surface area contributed by atoms with Crippen LogP contribution in [0.3, 0.4) is 0 Å². The third-order valence-electron chi connectivity index (χ3n) is 3.73. The van der Waals surface area contributed by atoms with Crippen LogP contribution in [0.4, 0.5) is 5.82 Å².